The molecule has 1 aromatic carbocycles. The molecule has 0 saturated heterocycles. The molecule has 0 spiro atoms. The monoisotopic (exact) mass is 289 g/mol. The number of ether oxygens (including phenoxy) is 1. The Labute approximate surface area is 130 Å². The second-order valence-corrected chi connectivity index (χ2v) is 6.75. The maximum absolute atomic E-state index is 6.65. The minimum absolute atomic E-state index is 0.0952. The number of hydrogen-bond donors (Lipinski definition) is 1. The lowest BCUT2D eigenvalue weighted by Crippen LogP contribution is -2.52. The van der Waals surface area contributed by atoms with E-state index >= 15 is 0 Å². The van der Waals surface area contributed by atoms with Crippen LogP contribution in [0.4, 0.5) is 0 Å². The van der Waals surface area contributed by atoms with E-state index in [1.54, 1.807) is 0 Å². The summed E-state index contributed by atoms with van der Waals surface area (Å²) >= 11 is 0. The minimum atomic E-state index is -0.100. The summed E-state index contributed by atoms with van der Waals surface area (Å²) in [6.07, 6.45) is 6.99. The average molecular weight is 289 g/mol. The normalized spacial score (nSPS) is 19.5. The van der Waals surface area contributed by atoms with Gasteiger partial charge in [-0.2, -0.15) is 0 Å². The Morgan fingerprint density at radius 1 is 1.10 bits per heavy atom. The smallest absolute Gasteiger partial charge is 0.0835 e. The predicted octanol–water partition coefficient (Wildman–Crippen LogP) is 4.22. The van der Waals surface area contributed by atoms with E-state index in [1.807, 2.05) is 0 Å². The molecule has 0 amide bonds. The largest absolute Gasteiger partial charge is 0.374 e. The van der Waals surface area contributed by atoms with Gasteiger partial charge < -0.3 is 10.5 Å². The SMILES string of the molecule is CCOC1(C(N)Cc2c(C)cc(C)cc2C)CCCCC1. The highest BCUT2D eigenvalue weighted by atomic mass is 16.5. The van der Waals surface area contributed by atoms with Gasteiger partial charge in [0.15, 0.2) is 0 Å². The minimum Gasteiger partial charge on any atom is -0.374 e. The Kier molecular flexibility index (Phi) is 5.45. The molecule has 1 atom stereocenters. The quantitative estimate of drug-likeness (QED) is 0.880. The molecule has 0 bridgehead atoms. The maximum Gasteiger partial charge on any atom is 0.0835 e. The fourth-order valence-corrected chi connectivity index (χ4v) is 4.00. The molecule has 1 aliphatic rings. The zero-order chi connectivity index (χ0) is 15.5. The molecule has 1 saturated carbocycles. The Balaban J connectivity index is 2.21. The summed E-state index contributed by atoms with van der Waals surface area (Å²) in [5.74, 6) is 0. The van der Waals surface area contributed by atoms with E-state index in [2.05, 4.69) is 39.8 Å². The van der Waals surface area contributed by atoms with Gasteiger partial charge in [-0.05, 0) is 63.6 Å². The number of nitrogens with two attached hydrogens (primary N) is 1. The first kappa shape index (κ1) is 16.5. The van der Waals surface area contributed by atoms with Crippen molar-refractivity contribution in [2.24, 2.45) is 5.73 Å². The van der Waals surface area contributed by atoms with Crippen LogP contribution in [0, 0.1) is 20.8 Å². The van der Waals surface area contributed by atoms with E-state index < -0.39 is 0 Å². The third kappa shape index (κ3) is 3.67. The zero-order valence-corrected chi connectivity index (χ0v) is 14.2. The van der Waals surface area contributed by atoms with Crippen molar-refractivity contribution in [1.82, 2.24) is 0 Å². The number of aryl methyl sites for hydroxylation is 3. The molecule has 2 nitrogen and oxygen atoms in total. The van der Waals surface area contributed by atoms with Crippen molar-refractivity contribution < 1.29 is 4.74 Å². The highest BCUT2D eigenvalue weighted by molar-refractivity contribution is 5.38. The highest BCUT2D eigenvalue weighted by Crippen LogP contribution is 2.35. The van der Waals surface area contributed by atoms with Gasteiger partial charge in [0.2, 0.25) is 0 Å². The van der Waals surface area contributed by atoms with E-state index in [4.69, 9.17) is 10.5 Å². The second kappa shape index (κ2) is 6.93. The van der Waals surface area contributed by atoms with Crippen molar-refractivity contribution in [2.75, 3.05) is 6.61 Å². The van der Waals surface area contributed by atoms with Gasteiger partial charge in [0, 0.05) is 12.6 Å². The highest BCUT2D eigenvalue weighted by Gasteiger charge is 2.38. The molecule has 2 N–H and O–H groups in total. The van der Waals surface area contributed by atoms with E-state index in [1.165, 1.54) is 41.5 Å². The molecular weight excluding hydrogens is 258 g/mol. The van der Waals surface area contributed by atoms with Crippen LogP contribution in [0.1, 0.15) is 61.3 Å². The summed E-state index contributed by atoms with van der Waals surface area (Å²) in [6, 6.07) is 4.63. The molecule has 1 aliphatic carbocycles. The lowest BCUT2D eigenvalue weighted by atomic mass is 9.76. The standard InChI is InChI=1S/C19H31NO/c1-5-21-19(9-7-6-8-10-19)18(20)13-17-15(3)11-14(2)12-16(17)4/h11-12,18H,5-10,13,20H2,1-4H3. The van der Waals surface area contributed by atoms with Crippen molar-refractivity contribution >= 4 is 0 Å². The van der Waals surface area contributed by atoms with Gasteiger partial charge in [-0.15, -0.1) is 0 Å². The van der Waals surface area contributed by atoms with Crippen molar-refractivity contribution in [2.45, 2.75) is 77.9 Å². The van der Waals surface area contributed by atoms with Crippen LogP contribution in [0.5, 0.6) is 0 Å². The molecule has 1 aromatic rings. The first-order valence-electron chi connectivity index (χ1n) is 8.45. The van der Waals surface area contributed by atoms with Crippen LogP contribution >= 0.6 is 0 Å². The van der Waals surface area contributed by atoms with Crippen molar-refractivity contribution in [3.63, 3.8) is 0 Å². The molecule has 118 valence electrons. The van der Waals surface area contributed by atoms with E-state index in [9.17, 15) is 0 Å². The first-order valence-corrected chi connectivity index (χ1v) is 8.45. The lowest BCUT2D eigenvalue weighted by Gasteiger charge is -2.42. The van der Waals surface area contributed by atoms with Gasteiger partial charge in [0.1, 0.15) is 0 Å². The third-order valence-corrected chi connectivity index (χ3v) is 5.07. The van der Waals surface area contributed by atoms with E-state index in [0.717, 1.165) is 25.9 Å². The summed E-state index contributed by atoms with van der Waals surface area (Å²) < 4.78 is 6.18. The molecule has 2 heteroatoms. The van der Waals surface area contributed by atoms with Gasteiger partial charge in [-0.25, -0.2) is 0 Å². The van der Waals surface area contributed by atoms with Crippen molar-refractivity contribution in [3.8, 4) is 0 Å². The molecule has 0 aliphatic heterocycles. The first-order chi connectivity index (χ1) is 9.98. The van der Waals surface area contributed by atoms with Crippen molar-refractivity contribution in [1.29, 1.82) is 0 Å². The maximum atomic E-state index is 6.65. The molecular formula is C19H31NO. The Morgan fingerprint density at radius 2 is 1.67 bits per heavy atom. The molecule has 0 heterocycles. The molecule has 1 unspecified atom stereocenters. The zero-order valence-electron chi connectivity index (χ0n) is 14.2. The molecule has 21 heavy (non-hydrogen) atoms. The van der Waals surface area contributed by atoms with Crippen LogP contribution < -0.4 is 5.73 Å². The fraction of sp³-hybridized carbons (Fsp3) is 0.684. The second-order valence-electron chi connectivity index (χ2n) is 6.75. The van der Waals surface area contributed by atoms with Crippen LogP contribution in [-0.2, 0) is 11.2 Å². The average Bonchev–Trinajstić information content (AvgIpc) is 2.44. The molecule has 0 aromatic heterocycles. The summed E-state index contributed by atoms with van der Waals surface area (Å²) in [7, 11) is 0. The summed E-state index contributed by atoms with van der Waals surface area (Å²) in [4.78, 5) is 0. The molecule has 0 radical (unpaired) electrons. The molecule has 2 rings (SSSR count). The topological polar surface area (TPSA) is 35.2 Å². The summed E-state index contributed by atoms with van der Waals surface area (Å²) in [6.45, 7) is 9.42. The van der Waals surface area contributed by atoms with Crippen LogP contribution in [0.25, 0.3) is 0 Å². The van der Waals surface area contributed by atoms with Crippen molar-refractivity contribution in [3.05, 3.63) is 34.4 Å². The van der Waals surface area contributed by atoms with E-state index in [-0.39, 0.29) is 11.6 Å². The third-order valence-electron chi connectivity index (χ3n) is 5.07. The Morgan fingerprint density at radius 3 is 2.19 bits per heavy atom. The van der Waals surface area contributed by atoms with Crippen LogP contribution in [0.3, 0.4) is 0 Å². The number of hydrogen-bond acceptors (Lipinski definition) is 2. The van der Waals surface area contributed by atoms with Crippen LogP contribution in [0.15, 0.2) is 12.1 Å². The number of rotatable bonds is 5. The van der Waals surface area contributed by atoms with Gasteiger partial charge in [0.05, 0.1) is 5.60 Å². The lowest BCUT2D eigenvalue weighted by molar-refractivity contribution is -0.0818. The summed E-state index contributed by atoms with van der Waals surface area (Å²) in [5.41, 5.74) is 12.0. The number of benzene rings is 1. The van der Waals surface area contributed by atoms with Gasteiger partial charge in [-0.3, -0.25) is 0 Å². The van der Waals surface area contributed by atoms with Gasteiger partial charge >= 0.3 is 0 Å². The Bertz CT molecular complexity index is 446. The predicted molar refractivity (Wildman–Crippen MR) is 89.8 cm³/mol. The fourth-order valence-electron chi connectivity index (χ4n) is 4.00. The molecule has 1 fully saturated rings. The van der Waals surface area contributed by atoms with Gasteiger partial charge in [0.25, 0.3) is 0 Å². The van der Waals surface area contributed by atoms with Crippen LogP contribution in [-0.4, -0.2) is 18.2 Å². The van der Waals surface area contributed by atoms with Gasteiger partial charge in [-0.1, -0.05) is 37.0 Å². The van der Waals surface area contributed by atoms with Crippen LogP contribution in [0.2, 0.25) is 0 Å². The Hall–Kier alpha value is -0.860. The van der Waals surface area contributed by atoms with E-state index in [0.29, 0.717) is 0 Å². The summed E-state index contributed by atoms with van der Waals surface area (Å²) in [5, 5.41) is 0.